The first-order valence-corrected chi connectivity index (χ1v) is 5.59. The number of nitrogens with zero attached hydrogens (tertiary/aromatic N) is 1. The topological polar surface area (TPSA) is 32.3 Å². The maximum absolute atomic E-state index is 11.3. The van der Waals surface area contributed by atoms with Gasteiger partial charge < -0.3 is 10.2 Å². The van der Waals surface area contributed by atoms with Crippen molar-refractivity contribution in [2.24, 2.45) is 5.92 Å². The van der Waals surface area contributed by atoms with Gasteiger partial charge in [-0.25, -0.2) is 0 Å². The van der Waals surface area contributed by atoms with Gasteiger partial charge in [0.2, 0.25) is 5.91 Å². The number of nitrogens with one attached hydrogen (secondary N) is 1. The highest BCUT2D eigenvalue weighted by atomic mass is 16.2. The summed E-state index contributed by atoms with van der Waals surface area (Å²) in [5, 5.41) is 3.42. The number of likely N-dealkylation sites (tertiary alicyclic amines) is 1. The molecule has 0 saturated carbocycles. The second kappa shape index (κ2) is 5.35. The van der Waals surface area contributed by atoms with Crippen LogP contribution in [0.25, 0.3) is 0 Å². The largest absolute Gasteiger partial charge is 0.339 e. The first-order valence-electron chi connectivity index (χ1n) is 5.59. The Morgan fingerprint density at radius 1 is 1.57 bits per heavy atom. The molecule has 3 heteroatoms. The molecule has 14 heavy (non-hydrogen) atoms. The molecule has 1 heterocycles. The lowest BCUT2D eigenvalue weighted by molar-refractivity contribution is -0.129. The van der Waals surface area contributed by atoms with Crippen LogP contribution in [0.5, 0.6) is 0 Å². The molecule has 1 rings (SSSR count). The third kappa shape index (κ3) is 3.29. The zero-order valence-electron chi connectivity index (χ0n) is 9.55. The molecule has 0 aromatic carbocycles. The summed E-state index contributed by atoms with van der Waals surface area (Å²) in [5.74, 6) is 0.904. The Morgan fingerprint density at radius 2 is 2.29 bits per heavy atom. The van der Waals surface area contributed by atoms with Crippen LogP contribution in [-0.2, 0) is 4.79 Å². The van der Waals surface area contributed by atoms with Gasteiger partial charge in [0.25, 0.3) is 0 Å². The molecular formula is C11H22N2O. The minimum Gasteiger partial charge on any atom is -0.339 e. The Labute approximate surface area is 86.9 Å². The van der Waals surface area contributed by atoms with E-state index in [9.17, 15) is 4.79 Å². The summed E-state index contributed by atoms with van der Waals surface area (Å²) in [6.07, 6.45) is 2.32. The predicted molar refractivity (Wildman–Crippen MR) is 58.1 cm³/mol. The molecule has 0 aromatic rings. The summed E-state index contributed by atoms with van der Waals surface area (Å²) >= 11 is 0. The van der Waals surface area contributed by atoms with Crippen LogP contribution in [0.4, 0.5) is 0 Å². The van der Waals surface area contributed by atoms with Crippen molar-refractivity contribution in [3.63, 3.8) is 0 Å². The van der Waals surface area contributed by atoms with Gasteiger partial charge in [-0.1, -0.05) is 13.8 Å². The van der Waals surface area contributed by atoms with Crippen LogP contribution in [0.2, 0.25) is 0 Å². The van der Waals surface area contributed by atoms with Gasteiger partial charge in [-0.15, -0.1) is 0 Å². The highest BCUT2D eigenvalue weighted by molar-refractivity contribution is 5.73. The summed E-state index contributed by atoms with van der Waals surface area (Å²) in [7, 11) is 0. The van der Waals surface area contributed by atoms with Gasteiger partial charge in [0.15, 0.2) is 0 Å². The summed E-state index contributed by atoms with van der Waals surface area (Å²) < 4.78 is 0. The van der Waals surface area contributed by atoms with Crippen molar-refractivity contribution in [2.75, 3.05) is 19.6 Å². The lowest BCUT2D eigenvalue weighted by atomic mass is 10.2. The molecule has 1 fully saturated rings. The molecule has 82 valence electrons. The van der Waals surface area contributed by atoms with Crippen LogP contribution in [-0.4, -0.2) is 36.5 Å². The molecule has 1 saturated heterocycles. The van der Waals surface area contributed by atoms with Crippen LogP contribution in [0.15, 0.2) is 0 Å². The molecular weight excluding hydrogens is 176 g/mol. The smallest absolute Gasteiger partial charge is 0.219 e. The SMILES string of the molecule is CC(=O)N1CCC[C@@H]1CNCC(C)C. The maximum Gasteiger partial charge on any atom is 0.219 e. The van der Waals surface area contributed by atoms with Crippen molar-refractivity contribution in [2.45, 2.75) is 39.7 Å². The van der Waals surface area contributed by atoms with Gasteiger partial charge in [-0.05, 0) is 25.3 Å². The van der Waals surface area contributed by atoms with E-state index in [-0.39, 0.29) is 5.91 Å². The molecule has 1 aliphatic rings. The Balaban J connectivity index is 2.26. The molecule has 0 unspecified atom stereocenters. The number of carbonyl (C=O) groups excluding carboxylic acids is 1. The van der Waals surface area contributed by atoms with E-state index >= 15 is 0 Å². The second-order valence-corrected chi connectivity index (χ2v) is 4.56. The van der Waals surface area contributed by atoms with Crippen LogP contribution < -0.4 is 5.32 Å². The molecule has 0 aliphatic carbocycles. The summed E-state index contributed by atoms with van der Waals surface area (Å²) in [6.45, 7) is 9.01. The maximum atomic E-state index is 11.3. The lowest BCUT2D eigenvalue weighted by Gasteiger charge is -2.23. The van der Waals surface area contributed by atoms with E-state index in [1.54, 1.807) is 6.92 Å². The fraction of sp³-hybridized carbons (Fsp3) is 0.909. The van der Waals surface area contributed by atoms with Crippen molar-refractivity contribution >= 4 is 5.91 Å². The Bertz CT molecular complexity index is 192. The van der Waals surface area contributed by atoms with E-state index < -0.39 is 0 Å². The van der Waals surface area contributed by atoms with Crippen molar-refractivity contribution in [3.05, 3.63) is 0 Å². The number of rotatable bonds is 4. The average molecular weight is 198 g/mol. The number of carbonyl (C=O) groups is 1. The van der Waals surface area contributed by atoms with Gasteiger partial charge >= 0.3 is 0 Å². The van der Waals surface area contributed by atoms with Crippen LogP contribution in [0, 0.1) is 5.92 Å². The molecule has 1 atom stereocenters. The van der Waals surface area contributed by atoms with Crippen LogP contribution in [0.1, 0.15) is 33.6 Å². The van der Waals surface area contributed by atoms with Crippen molar-refractivity contribution in [3.8, 4) is 0 Å². The van der Waals surface area contributed by atoms with E-state index in [1.165, 1.54) is 0 Å². The zero-order chi connectivity index (χ0) is 10.6. The van der Waals surface area contributed by atoms with Crippen LogP contribution >= 0.6 is 0 Å². The number of hydrogen-bond donors (Lipinski definition) is 1. The van der Waals surface area contributed by atoms with Gasteiger partial charge in [0.05, 0.1) is 0 Å². The molecule has 0 aromatic heterocycles. The van der Waals surface area contributed by atoms with E-state index in [1.807, 2.05) is 4.90 Å². The molecule has 1 aliphatic heterocycles. The highest BCUT2D eigenvalue weighted by Crippen LogP contribution is 2.16. The van der Waals surface area contributed by atoms with Gasteiger partial charge in [0, 0.05) is 26.1 Å². The van der Waals surface area contributed by atoms with Crippen molar-refractivity contribution < 1.29 is 4.79 Å². The Hall–Kier alpha value is -0.570. The quantitative estimate of drug-likeness (QED) is 0.737. The monoisotopic (exact) mass is 198 g/mol. The van der Waals surface area contributed by atoms with E-state index in [4.69, 9.17) is 0 Å². The molecule has 0 radical (unpaired) electrons. The first-order chi connectivity index (χ1) is 6.61. The summed E-state index contributed by atoms with van der Waals surface area (Å²) in [5.41, 5.74) is 0. The van der Waals surface area contributed by atoms with E-state index in [0.29, 0.717) is 12.0 Å². The van der Waals surface area contributed by atoms with E-state index in [0.717, 1.165) is 32.5 Å². The minimum atomic E-state index is 0.221. The number of amides is 1. The normalized spacial score (nSPS) is 22.0. The predicted octanol–water partition coefficient (Wildman–Crippen LogP) is 1.24. The van der Waals surface area contributed by atoms with Crippen molar-refractivity contribution in [1.82, 2.24) is 10.2 Å². The lowest BCUT2D eigenvalue weighted by Crippen LogP contribution is -2.41. The fourth-order valence-electron chi connectivity index (χ4n) is 2.00. The molecule has 3 nitrogen and oxygen atoms in total. The Morgan fingerprint density at radius 3 is 2.86 bits per heavy atom. The minimum absolute atomic E-state index is 0.221. The molecule has 1 N–H and O–H groups in total. The van der Waals surface area contributed by atoms with Crippen molar-refractivity contribution in [1.29, 1.82) is 0 Å². The summed E-state index contributed by atoms with van der Waals surface area (Å²) in [6, 6.07) is 0.436. The van der Waals surface area contributed by atoms with Gasteiger partial charge in [-0.3, -0.25) is 4.79 Å². The average Bonchev–Trinajstić information content (AvgIpc) is 2.51. The molecule has 0 spiro atoms. The molecule has 0 bridgehead atoms. The summed E-state index contributed by atoms with van der Waals surface area (Å²) in [4.78, 5) is 13.2. The Kier molecular flexibility index (Phi) is 4.39. The third-order valence-corrected chi connectivity index (χ3v) is 2.71. The second-order valence-electron chi connectivity index (χ2n) is 4.56. The fourth-order valence-corrected chi connectivity index (χ4v) is 2.00. The highest BCUT2D eigenvalue weighted by Gasteiger charge is 2.25. The standard InChI is InChI=1S/C11H22N2O/c1-9(2)7-12-8-11-5-4-6-13(11)10(3)14/h9,11-12H,4-8H2,1-3H3/t11-/m1/s1. The molecule has 1 amide bonds. The van der Waals surface area contributed by atoms with E-state index in [2.05, 4.69) is 19.2 Å². The third-order valence-electron chi connectivity index (χ3n) is 2.71. The van der Waals surface area contributed by atoms with Gasteiger partial charge in [0.1, 0.15) is 0 Å². The number of hydrogen-bond acceptors (Lipinski definition) is 2. The first kappa shape index (κ1) is 11.5. The van der Waals surface area contributed by atoms with Gasteiger partial charge in [-0.2, -0.15) is 0 Å². The van der Waals surface area contributed by atoms with Crippen LogP contribution in [0.3, 0.4) is 0 Å². The zero-order valence-corrected chi connectivity index (χ0v) is 9.55.